The second-order valence-electron chi connectivity index (χ2n) is 6.79. The van der Waals surface area contributed by atoms with Crippen LogP contribution in [0.4, 0.5) is 9.52 Å². The SMILES string of the molecule is CC(N)CC(=O)N1CCN(c2nn3cc(-c4ccc(F)cc4)nc3s2)CC1. The van der Waals surface area contributed by atoms with Gasteiger partial charge in [0.15, 0.2) is 0 Å². The Morgan fingerprint density at radius 2 is 1.96 bits per heavy atom. The normalized spacial score (nSPS) is 16.1. The van der Waals surface area contributed by atoms with Crippen LogP contribution in [0.3, 0.4) is 0 Å². The lowest BCUT2D eigenvalue weighted by molar-refractivity contribution is -0.131. The van der Waals surface area contributed by atoms with Crippen LogP contribution in [0.15, 0.2) is 30.5 Å². The maximum absolute atomic E-state index is 13.1. The summed E-state index contributed by atoms with van der Waals surface area (Å²) in [5.74, 6) is -0.152. The third-order valence-corrected chi connectivity index (χ3v) is 5.56. The molecule has 9 heteroatoms. The number of nitrogens with zero attached hydrogens (tertiary/aromatic N) is 5. The number of hydrogen-bond donors (Lipinski definition) is 1. The van der Waals surface area contributed by atoms with Gasteiger partial charge in [-0.3, -0.25) is 4.79 Å². The Morgan fingerprint density at radius 3 is 2.59 bits per heavy atom. The summed E-state index contributed by atoms with van der Waals surface area (Å²) < 4.78 is 14.8. The van der Waals surface area contributed by atoms with E-state index >= 15 is 0 Å². The molecule has 1 amide bonds. The van der Waals surface area contributed by atoms with Crippen molar-refractivity contribution >= 4 is 27.3 Å². The highest BCUT2D eigenvalue weighted by molar-refractivity contribution is 7.20. The lowest BCUT2D eigenvalue weighted by atomic mass is 10.2. The highest BCUT2D eigenvalue weighted by Crippen LogP contribution is 2.27. The third-order valence-electron chi connectivity index (χ3n) is 4.57. The van der Waals surface area contributed by atoms with Crippen molar-refractivity contribution in [2.75, 3.05) is 31.1 Å². The molecular formula is C18H21FN6OS. The topological polar surface area (TPSA) is 79.8 Å². The third kappa shape index (κ3) is 3.79. The molecular weight excluding hydrogens is 367 g/mol. The first-order valence-corrected chi connectivity index (χ1v) is 9.72. The Hall–Kier alpha value is -2.52. The Bertz CT molecular complexity index is 911. The molecule has 0 aliphatic carbocycles. The Labute approximate surface area is 160 Å². The quantitative estimate of drug-likeness (QED) is 0.739. The van der Waals surface area contributed by atoms with Gasteiger partial charge in [0.05, 0.1) is 11.9 Å². The van der Waals surface area contributed by atoms with Gasteiger partial charge in [0, 0.05) is 44.2 Å². The molecule has 2 N–H and O–H groups in total. The summed E-state index contributed by atoms with van der Waals surface area (Å²) >= 11 is 1.51. The van der Waals surface area contributed by atoms with Crippen LogP contribution >= 0.6 is 11.3 Å². The number of benzene rings is 1. The smallest absolute Gasteiger partial charge is 0.224 e. The molecule has 1 saturated heterocycles. The molecule has 0 spiro atoms. The molecule has 3 aromatic rings. The van der Waals surface area contributed by atoms with Crippen LogP contribution in [-0.4, -0.2) is 57.6 Å². The number of fused-ring (bicyclic) bond motifs is 1. The molecule has 1 atom stereocenters. The van der Waals surface area contributed by atoms with Gasteiger partial charge in [-0.25, -0.2) is 13.9 Å². The van der Waals surface area contributed by atoms with E-state index in [0.29, 0.717) is 19.5 Å². The number of amides is 1. The predicted molar refractivity (Wildman–Crippen MR) is 103 cm³/mol. The van der Waals surface area contributed by atoms with Crippen molar-refractivity contribution in [2.24, 2.45) is 5.73 Å². The summed E-state index contributed by atoms with van der Waals surface area (Å²) in [7, 11) is 0. The summed E-state index contributed by atoms with van der Waals surface area (Å²) in [6.07, 6.45) is 2.24. The number of carbonyl (C=O) groups excluding carboxylic acids is 1. The number of halogens is 1. The Morgan fingerprint density at radius 1 is 1.26 bits per heavy atom. The minimum Gasteiger partial charge on any atom is -0.343 e. The maximum atomic E-state index is 13.1. The molecule has 27 heavy (non-hydrogen) atoms. The van der Waals surface area contributed by atoms with Crippen molar-refractivity contribution in [2.45, 2.75) is 19.4 Å². The molecule has 1 aliphatic rings. The summed E-state index contributed by atoms with van der Waals surface area (Å²) in [6, 6.07) is 6.15. The molecule has 1 aliphatic heterocycles. The average molecular weight is 388 g/mol. The average Bonchev–Trinajstić information content (AvgIpc) is 3.21. The zero-order chi connectivity index (χ0) is 19.0. The lowest BCUT2D eigenvalue weighted by Crippen LogP contribution is -2.49. The van der Waals surface area contributed by atoms with Gasteiger partial charge >= 0.3 is 0 Å². The predicted octanol–water partition coefficient (Wildman–Crippen LogP) is 1.98. The summed E-state index contributed by atoms with van der Waals surface area (Å²) in [5.41, 5.74) is 7.34. The van der Waals surface area contributed by atoms with Crippen LogP contribution in [0, 0.1) is 5.82 Å². The fourth-order valence-corrected chi connectivity index (χ4v) is 4.06. The molecule has 0 radical (unpaired) electrons. The highest BCUT2D eigenvalue weighted by Gasteiger charge is 2.24. The summed E-state index contributed by atoms with van der Waals surface area (Å²) in [4.78, 5) is 21.5. The van der Waals surface area contributed by atoms with Crippen molar-refractivity contribution in [3.8, 4) is 11.3 Å². The van der Waals surface area contributed by atoms with Crippen LogP contribution in [0.5, 0.6) is 0 Å². The van der Waals surface area contributed by atoms with Crippen LogP contribution in [0.25, 0.3) is 16.2 Å². The molecule has 0 bridgehead atoms. The van der Waals surface area contributed by atoms with E-state index in [1.165, 1.54) is 23.5 Å². The zero-order valence-electron chi connectivity index (χ0n) is 15.0. The number of nitrogens with two attached hydrogens (primary N) is 1. The number of anilines is 1. The van der Waals surface area contributed by atoms with Gasteiger partial charge < -0.3 is 15.5 Å². The van der Waals surface area contributed by atoms with Gasteiger partial charge in [0.25, 0.3) is 0 Å². The van der Waals surface area contributed by atoms with Crippen molar-refractivity contribution in [1.82, 2.24) is 19.5 Å². The van der Waals surface area contributed by atoms with Crippen LogP contribution in [-0.2, 0) is 4.79 Å². The van der Waals surface area contributed by atoms with Crippen molar-refractivity contribution in [1.29, 1.82) is 0 Å². The van der Waals surface area contributed by atoms with Gasteiger partial charge in [-0.05, 0) is 31.2 Å². The summed E-state index contributed by atoms with van der Waals surface area (Å²) in [6.45, 7) is 4.68. The maximum Gasteiger partial charge on any atom is 0.224 e. The fraction of sp³-hybridized carbons (Fsp3) is 0.389. The first-order valence-electron chi connectivity index (χ1n) is 8.90. The first kappa shape index (κ1) is 17.9. The Balaban J connectivity index is 1.44. The molecule has 7 nitrogen and oxygen atoms in total. The van der Waals surface area contributed by atoms with Gasteiger partial charge in [0.2, 0.25) is 16.0 Å². The minimum absolute atomic E-state index is 0.113. The number of imidazole rings is 1. The van der Waals surface area contributed by atoms with Crippen LogP contribution in [0.2, 0.25) is 0 Å². The summed E-state index contributed by atoms with van der Waals surface area (Å²) in [5, 5.41) is 5.51. The fourth-order valence-electron chi connectivity index (χ4n) is 3.13. The molecule has 1 unspecified atom stereocenters. The number of carbonyl (C=O) groups is 1. The molecule has 1 fully saturated rings. The van der Waals surface area contributed by atoms with Crippen LogP contribution in [0.1, 0.15) is 13.3 Å². The van der Waals surface area contributed by atoms with E-state index in [1.54, 1.807) is 16.6 Å². The lowest BCUT2D eigenvalue weighted by Gasteiger charge is -2.34. The second kappa shape index (κ2) is 7.24. The number of rotatable bonds is 4. The number of hydrogen-bond acceptors (Lipinski definition) is 6. The number of aromatic nitrogens is 3. The van der Waals surface area contributed by atoms with E-state index in [2.05, 4.69) is 15.0 Å². The van der Waals surface area contributed by atoms with E-state index in [0.717, 1.165) is 34.4 Å². The molecule has 0 saturated carbocycles. The zero-order valence-corrected chi connectivity index (χ0v) is 15.8. The minimum atomic E-state index is -0.265. The van der Waals surface area contributed by atoms with E-state index < -0.39 is 0 Å². The van der Waals surface area contributed by atoms with Gasteiger partial charge in [0.1, 0.15) is 5.82 Å². The van der Waals surface area contributed by atoms with E-state index in [1.807, 2.05) is 18.0 Å². The van der Waals surface area contributed by atoms with Gasteiger partial charge in [-0.15, -0.1) is 5.10 Å². The molecule has 1 aromatic carbocycles. The van der Waals surface area contributed by atoms with Gasteiger partial charge in [-0.1, -0.05) is 11.3 Å². The van der Waals surface area contributed by atoms with Crippen molar-refractivity contribution in [3.05, 3.63) is 36.3 Å². The monoisotopic (exact) mass is 388 g/mol. The highest BCUT2D eigenvalue weighted by atomic mass is 32.1. The molecule has 4 rings (SSSR count). The van der Waals surface area contributed by atoms with Crippen LogP contribution < -0.4 is 10.6 Å². The number of piperazine rings is 1. The first-order chi connectivity index (χ1) is 13.0. The van der Waals surface area contributed by atoms with E-state index in [4.69, 9.17) is 5.73 Å². The van der Waals surface area contributed by atoms with Gasteiger partial charge in [-0.2, -0.15) is 0 Å². The second-order valence-corrected chi connectivity index (χ2v) is 7.73. The standard InChI is InChI=1S/C18H21FN6OS/c1-12(20)10-16(26)23-6-8-24(9-7-23)18-22-25-11-15(21-17(25)27-18)13-2-4-14(19)5-3-13/h2-5,11-12H,6-10,20H2,1H3. The Kier molecular flexibility index (Phi) is 4.79. The molecule has 2 aromatic heterocycles. The van der Waals surface area contributed by atoms with Crippen molar-refractivity contribution < 1.29 is 9.18 Å². The van der Waals surface area contributed by atoms with E-state index in [9.17, 15) is 9.18 Å². The van der Waals surface area contributed by atoms with Crippen molar-refractivity contribution in [3.63, 3.8) is 0 Å². The molecule has 142 valence electrons. The molecule has 3 heterocycles. The largest absolute Gasteiger partial charge is 0.343 e. The van der Waals surface area contributed by atoms with E-state index in [-0.39, 0.29) is 17.8 Å².